The first-order valence-electron chi connectivity index (χ1n) is 7.97. The van der Waals surface area contributed by atoms with Gasteiger partial charge >= 0.3 is 0 Å². The number of benzene rings is 1. The van der Waals surface area contributed by atoms with Crippen molar-refractivity contribution in [3.05, 3.63) is 48.2 Å². The molecule has 1 aromatic carbocycles. The van der Waals surface area contributed by atoms with Crippen LogP contribution in [0.4, 0.5) is 11.5 Å². The fourth-order valence-corrected chi connectivity index (χ4v) is 2.07. The standard InChI is InChI=1S/C18H23N3O2/c1-3-5-12-19-18(22)14-10-11-17(20-13-14)21-15-8-6-7-9-16(15)23-4-2/h6-11,13H,3-5,12H2,1-2H3,(H,19,22)(H,20,21). The van der Waals surface area contributed by atoms with Gasteiger partial charge in [-0.15, -0.1) is 0 Å². The molecule has 1 aromatic heterocycles. The van der Waals surface area contributed by atoms with Crippen LogP contribution in [-0.2, 0) is 0 Å². The molecule has 1 heterocycles. The summed E-state index contributed by atoms with van der Waals surface area (Å²) < 4.78 is 5.57. The molecule has 2 aromatic rings. The minimum absolute atomic E-state index is 0.0905. The lowest BCUT2D eigenvalue weighted by atomic mass is 10.2. The van der Waals surface area contributed by atoms with E-state index in [1.54, 1.807) is 18.3 Å². The molecule has 0 unspecified atom stereocenters. The Morgan fingerprint density at radius 2 is 2.00 bits per heavy atom. The first kappa shape index (κ1) is 16.8. The molecule has 2 rings (SSSR count). The molecule has 0 radical (unpaired) electrons. The van der Waals surface area contributed by atoms with Gasteiger partial charge in [-0.3, -0.25) is 4.79 Å². The lowest BCUT2D eigenvalue weighted by Crippen LogP contribution is -2.24. The monoisotopic (exact) mass is 313 g/mol. The highest BCUT2D eigenvalue weighted by Gasteiger charge is 2.07. The molecule has 5 nitrogen and oxygen atoms in total. The van der Waals surface area contributed by atoms with E-state index in [0.717, 1.165) is 24.3 Å². The van der Waals surface area contributed by atoms with E-state index in [0.29, 0.717) is 24.5 Å². The molecule has 0 spiro atoms. The summed E-state index contributed by atoms with van der Waals surface area (Å²) in [6.07, 6.45) is 3.61. The van der Waals surface area contributed by atoms with Crippen LogP contribution < -0.4 is 15.4 Å². The molecule has 0 aliphatic heterocycles. The molecule has 0 bridgehead atoms. The molecule has 0 saturated carbocycles. The van der Waals surface area contributed by atoms with Crippen LogP contribution in [-0.4, -0.2) is 24.0 Å². The summed E-state index contributed by atoms with van der Waals surface area (Å²) in [5.74, 6) is 1.35. The molecule has 0 fully saturated rings. The highest BCUT2D eigenvalue weighted by molar-refractivity contribution is 5.94. The van der Waals surface area contributed by atoms with Crippen molar-refractivity contribution in [2.24, 2.45) is 0 Å². The molecule has 0 atom stereocenters. The van der Waals surface area contributed by atoms with Gasteiger partial charge in [-0.05, 0) is 37.6 Å². The topological polar surface area (TPSA) is 63.2 Å². The molecule has 0 aliphatic carbocycles. The van der Waals surface area contributed by atoms with E-state index in [2.05, 4.69) is 22.5 Å². The van der Waals surface area contributed by atoms with Crippen LogP contribution in [0.25, 0.3) is 0 Å². The number of carbonyl (C=O) groups is 1. The van der Waals surface area contributed by atoms with Gasteiger partial charge in [0.2, 0.25) is 0 Å². The van der Waals surface area contributed by atoms with E-state index in [1.165, 1.54) is 0 Å². The maximum absolute atomic E-state index is 11.9. The molecule has 23 heavy (non-hydrogen) atoms. The lowest BCUT2D eigenvalue weighted by Gasteiger charge is -2.12. The number of hydrogen-bond donors (Lipinski definition) is 2. The Morgan fingerprint density at radius 1 is 1.17 bits per heavy atom. The van der Waals surface area contributed by atoms with Crippen LogP contribution in [0, 0.1) is 0 Å². The van der Waals surface area contributed by atoms with Crippen LogP contribution in [0.2, 0.25) is 0 Å². The summed E-state index contributed by atoms with van der Waals surface area (Å²) in [7, 11) is 0. The molecule has 1 amide bonds. The summed E-state index contributed by atoms with van der Waals surface area (Å²) in [6, 6.07) is 11.2. The zero-order valence-electron chi connectivity index (χ0n) is 13.6. The van der Waals surface area contributed by atoms with E-state index in [1.807, 2.05) is 31.2 Å². The Balaban J connectivity index is 2.01. The second-order valence-electron chi connectivity index (χ2n) is 5.10. The highest BCUT2D eigenvalue weighted by atomic mass is 16.5. The van der Waals surface area contributed by atoms with Crippen molar-refractivity contribution in [1.29, 1.82) is 0 Å². The average Bonchev–Trinajstić information content (AvgIpc) is 2.58. The number of para-hydroxylation sites is 2. The van der Waals surface area contributed by atoms with Gasteiger partial charge in [-0.25, -0.2) is 4.98 Å². The maximum atomic E-state index is 11.9. The SMILES string of the molecule is CCCCNC(=O)c1ccc(Nc2ccccc2OCC)nc1. The van der Waals surface area contributed by atoms with Crippen molar-refractivity contribution in [3.63, 3.8) is 0 Å². The van der Waals surface area contributed by atoms with Crippen LogP contribution in [0.15, 0.2) is 42.6 Å². The zero-order valence-corrected chi connectivity index (χ0v) is 13.6. The second kappa shape index (κ2) is 8.78. The third-order valence-corrected chi connectivity index (χ3v) is 3.29. The van der Waals surface area contributed by atoms with E-state index >= 15 is 0 Å². The van der Waals surface area contributed by atoms with Crippen LogP contribution in [0.5, 0.6) is 5.75 Å². The van der Waals surface area contributed by atoms with E-state index in [9.17, 15) is 4.79 Å². The first-order chi connectivity index (χ1) is 11.2. The molecule has 122 valence electrons. The van der Waals surface area contributed by atoms with Gasteiger partial charge in [0, 0.05) is 12.7 Å². The minimum Gasteiger partial charge on any atom is -0.492 e. The van der Waals surface area contributed by atoms with Gasteiger partial charge in [-0.1, -0.05) is 25.5 Å². The van der Waals surface area contributed by atoms with Gasteiger partial charge in [0.25, 0.3) is 5.91 Å². The quantitative estimate of drug-likeness (QED) is 0.729. The summed E-state index contributed by atoms with van der Waals surface area (Å²) in [5, 5.41) is 6.08. The summed E-state index contributed by atoms with van der Waals surface area (Å²) >= 11 is 0. The summed E-state index contributed by atoms with van der Waals surface area (Å²) in [6.45, 7) is 5.33. The van der Waals surface area contributed by atoms with E-state index < -0.39 is 0 Å². The predicted octanol–water partition coefficient (Wildman–Crippen LogP) is 3.75. The Morgan fingerprint density at radius 3 is 2.70 bits per heavy atom. The van der Waals surface area contributed by atoms with Gasteiger partial charge in [-0.2, -0.15) is 0 Å². The number of hydrogen-bond acceptors (Lipinski definition) is 4. The van der Waals surface area contributed by atoms with Gasteiger partial charge < -0.3 is 15.4 Å². The zero-order chi connectivity index (χ0) is 16.5. The fraction of sp³-hybridized carbons (Fsp3) is 0.333. The third-order valence-electron chi connectivity index (χ3n) is 3.29. The van der Waals surface area contributed by atoms with Crippen molar-refractivity contribution in [1.82, 2.24) is 10.3 Å². The number of amides is 1. The van der Waals surface area contributed by atoms with Crippen LogP contribution in [0.3, 0.4) is 0 Å². The number of nitrogens with zero attached hydrogens (tertiary/aromatic N) is 1. The van der Waals surface area contributed by atoms with Crippen molar-refractivity contribution in [2.75, 3.05) is 18.5 Å². The smallest absolute Gasteiger partial charge is 0.252 e. The van der Waals surface area contributed by atoms with Gasteiger partial charge in [0.1, 0.15) is 11.6 Å². The van der Waals surface area contributed by atoms with Gasteiger partial charge in [0.05, 0.1) is 17.9 Å². The van der Waals surface area contributed by atoms with Gasteiger partial charge in [0.15, 0.2) is 0 Å². The normalized spacial score (nSPS) is 10.2. The number of anilines is 2. The largest absolute Gasteiger partial charge is 0.492 e. The first-order valence-corrected chi connectivity index (χ1v) is 7.97. The molecule has 0 saturated heterocycles. The number of aromatic nitrogens is 1. The van der Waals surface area contributed by atoms with E-state index in [-0.39, 0.29) is 5.91 Å². The molecule has 5 heteroatoms. The third kappa shape index (κ3) is 4.98. The van der Waals surface area contributed by atoms with Crippen molar-refractivity contribution in [2.45, 2.75) is 26.7 Å². The van der Waals surface area contributed by atoms with Crippen molar-refractivity contribution in [3.8, 4) is 5.75 Å². The Hall–Kier alpha value is -2.56. The highest BCUT2D eigenvalue weighted by Crippen LogP contribution is 2.26. The molecular formula is C18H23N3O2. The Bertz CT molecular complexity index is 626. The summed E-state index contributed by atoms with van der Waals surface area (Å²) in [5.41, 5.74) is 1.41. The number of ether oxygens (including phenoxy) is 1. The molecular weight excluding hydrogens is 290 g/mol. The summed E-state index contributed by atoms with van der Waals surface area (Å²) in [4.78, 5) is 16.2. The maximum Gasteiger partial charge on any atom is 0.252 e. The van der Waals surface area contributed by atoms with Crippen LogP contribution >= 0.6 is 0 Å². The lowest BCUT2D eigenvalue weighted by molar-refractivity contribution is 0.0953. The number of pyridine rings is 1. The van der Waals surface area contributed by atoms with Crippen LogP contribution in [0.1, 0.15) is 37.0 Å². The van der Waals surface area contributed by atoms with Crippen molar-refractivity contribution < 1.29 is 9.53 Å². The fourth-order valence-electron chi connectivity index (χ4n) is 2.07. The Kier molecular flexibility index (Phi) is 6.41. The average molecular weight is 313 g/mol. The Labute approximate surface area is 137 Å². The molecule has 2 N–H and O–H groups in total. The van der Waals surface area contributed by atoms with Crippen molar-refractivity contribution >= 4 is 17.4 Å². The van der Waals surface area contributed by atoms with E-state index in [4.69, 9.17) is 4.74 Å². The second-order valence-corrected chi connectivity index (χ2v) is 5.10. The predicted molar refractivity (Wildman–Crippen MR) is 92.4 cm³/mol. The number of nitrogens with one attached hydrogen (secondary N) is 2. The number of rotatable bonds is 8. The number of unbranched alkanes of at least 4 members (excludes halogenated alkanes) is 1. The molecule has 0 aliphatic rings. The minimum atomic E-state index is -0.0905. The number of carbonyl (C=O) groups excluding carboxylic acids is 1.